The van der Waals surface area contributed by atoms with Crippen molar-refractivity contribution in [2.75, 3.05) is 6.54 Å². The summed E-state index contributed by atoms with van der Waals surface area (Å²) in [6.45, 7) is 10.3. The van der Waals surface area contributed by atoms with E-state index in [1.54, 1.807) is 0 Å². The topological polar surface area (TPSA) is 92.4 Å². The van der Waals surface area contributed by atoms with Gasteiger partial charge in [-0.25, -0.2) is 0 Å². The number of hydrogen-bond donors (Lipinski definition) is 3. The second kappa shape index (κ2) is 8.15. The second-order valence-corrected chi connectivity index (χ2v) is 5.98. The van der Waals surface area contributed by atoms with Crippen molar-refractivity contribution < 1.29 is 14.7 Å². The highest BCUT2D eigenvalue weighted by atomic mass is 16.4. The summed E-state index contributed by atoms with van der Waals surface area (Å²) in [4.78, 5) is 22.7. The van der Waals surface area contributed by atoms with Gasteiger partial charge in [-0.2, -0.15) is 0 Å². The predicted octanol–water partition coefficient (Wildman–Crippen LogP) is 1.47. The molecule has 19 heavy (non-hydrogen) atoms. The summed E-state index contributed by atoms with van der Waals surface area (Å²) >= 11 is 0. The Bertz CT molecular complexity index is 303. The number of carboxylic acids is 1. The van der Waals surface area contributed by atoms with Gasteiger partial charge in [0.2, 0.25) is 5.91 Å². The number of hydrogen-bond acceptors (Lipinski definition) is 3. The van der Waals surface area contributed by atoms with Crippen molar-refractivity contribution in [3.63, 3.8) is 0 Å². The number of aliphatic carboxylic acids is 1. The molecule has 0 bridgehead atoms. The molecule has 0 saturated carbocycles. The largest absolute Gasteiger partial charge is 0.481 e. The molecule has 0 aliphatic heterocycles. The summed E-state index contributed by atoms with van der Waals surface area (Å²) in [5.74, 6) is -0.436. The van der Waals surface area contributed by atoms with Crippen molar-refractivity contribution >= 4 is 11.9 Å². The van der Waals surface area contributed by atoms with Crippen LogP contribution in [0.1, 0.15) is 41.0 Å². The summed E-state index contributed by atoms with van der Waals surface area (Å²) in [7, 11) is 0. The first kappa shape index (κ1) is 17.9. The van der Waals surface area contributed by atoms with Crippen LogP contribution >= 0.6 is 0 Å². The molecular weight excluding hydrogens is 244 g/mol. The minimum Gasteiger partial charge on any atom is -0.481 e. The predicted molar refractivity (Wildman–Crippen MR) is 75.6 cm³/mol. The van der Waals surface area contributed by atoms with E-state index in [4.69, 9.17) is 10.8 Å². The lowest BCUT2D eigenvalue weighted by Crippen LogP contribution is -2.46. The molecule has 0 aliphatic rings. The molecule has 0 heterocycles. The molecule has 5 nitrogen and oxygen atoms in total. The third kappa shape index (κ3) is 6.57. The molecule has 0 radical (unpaired) electrons. The van der Waals surface area contributed by atoms with Crippen LogP contribution in [0.25, 0.3) is 0 Å². The molecule has 5 heteroatoms. The van der Waals surface area contributed by atoms with Gasteiger partial charge in [-0.3, -0.25) is 9.59 Å². The van der Waals surface area contributed by atoms with E-state index in [2.05, 4.69) is 19.2 Å². The van der Waals surface area contributed by atoms with Crippen molar-refractivity contribution in [2.24, 2.45) is 29.4 Å². The van der Waals surface area contributed by atoms with E-state index in [0.717, 1.165) is 0 Å². The van der Waals surface area contributed by atoms with Crippen LogP contribution in [-0.2, 0) is 9.59 Å². The number of carbonyl (C=O) groups excluding carboxylic acids is 1. The Kier molecular flexibility index (Phi) is 7.68. The van der Waals surface area contributed by atoms with Crippen molar-refractivity contribution in [1.82, 2.24) is 5.32 Å². The van der Waals surface area contributed by atoms with Gasteiger partial charge in [-0.05, 0) is 23.7 Å². The smallest absolute Gasteiger partial charge is 0.303 e. The van der Waals surface area contributed by atoms with Crippen LogP contribution in [0.15, 0.2) is 0 Å². The van der Waals surface area contributed by atoms with Crippen molar-refractivity contribution in [1.29, 1.82) is 0 Å². The van der Waals surface area contributed by atoms with Crippen molar-refractivity contribution in [3.8, 4) is 0 Å². The average molecular weight is 272 g/mol. The summed E-state index contributed by atoms with van der Waals surface area (Å²) < 4.78 is 0. The molecule has 4 N–H and O–H groups in total. The molecule has 112 valence electrons. The van der Waals surface area contributed by atoms with E-state index in [1.807, 2.05) is 20.8 Å². The van der Waals surface area contributed by atoms with E-state index >= 15 is 0 Å². The van der Waals surface area contributed by atoms with E-state index in [0.29, 0.717) is 12.5 Å². The maximum atomic E-state index is 11.8. The zero-order valence-electron chi connectivity index (χ0n) is 12.6. The Balaban J connectivity index is 4.49. The molecule has 3 atom stereocenters. The minimum absolute atomic E-state index is 0.0660. The first-order valence-corrected chi connectivity index (χ1v) is 6.91. The van der Waals surface area contributed by atoms with Crippen molar-refractivity contribution in [2.45, 2.75) is 47.1 Å². The fourth-order valence-electron chi connectivity index (χ4n) is 1.86. The Morgan fingerprint density at radius 3 is 2.00 bits per heavy atom. The standard InChI is InChI=1S/C14H28N2O3/c1-8(2)10(5)11(6-12(17)18)7-16-14(19)13(15)9(3)4/h8-11,13H,6-7,15H2,1-5H3,(H,16,19)(H,17,18). The van der Waals surface area contributed by atoms with Crippen LogP contribution in [0.3, 0.4) is 0 Å². The van der Waals surface area contributed by atoms with Crippen LogP contribution in [0, 0.1) is 23.7 Å². The molecule has 1 amide bonds. The fraction of sp³-hybridized carbons (Fsp3) is 0.857. The summed E-state index contributed by atoms with van der Waals surface area (Å²) in [6, 6.07) is -0.542. The zero-order chi connectivity index (χ0) is 15.2. The second-order valence-electron chi connectivity index (χ2n) is 5.98. The highest BCUT2D eigenvalue weighted by molar-refractivity contribution is 5.81. The number of rotatable bonds is 8. The Morgan fingerprint density at radius 1 is 1.11 bits per heavy atom. The van der Waals surface area contributed by atoms with Crippen LogP contribution in [0.2, 0.25) is 0 Å². The number of nitrogens with one attached hydrogen (secondary N) is 1. The summed E-state index contributed by atoms with van der Waals surface area (Å²) in [5.41, 5.74) is 5.76. The first-order valence-electron chi connectivity index (χ1n) is 6.91. The van der Waals surface area contributed by atoms with Crippen molar-refractivity contribution in [3.05, 3.63) is 0 Å². The molecule has 3 unspecified atom stereocenters. The van der Waals surface area contributed by atoms with Gasteiger partial charge < -0.3 is 16.2 Å². The van der Waals surface area contributed by atoms with E-state index < -0.39 is 12.0 Å². The summed E-state index contributed by atoms with van der Waals surface area (Å²) in [5, 5.41) is 11.7. The SMILES string of the molecule is CC(C)C(N)C(=O)NCC(CC(=O)O)C(C)C(C)C. The first-order chi connectivity index (χ1) is 8.66. The lowest BCUT2D eigenvalue weighted by molar-refractivity contribution is -0.139. The molecule has 0 fully saturated rings. The average Bonchev–Trinajstić information content (AvgIpc) is 2.31. The molecule has 0 rings (SSSR count). The quantitative estimate of drug-likeness (QED) is 0.624. The number of nitrogens with two attached hydrogens (primary N) is 1. The summed E-state index contributed by atoms with van der Waals surface area (Å²) in [6.07, 6.45) is 0.0660. The van der Waals surface area contributed by atoms with Gasteiger partial charge in [0, 0.05) is 6.54 Å². The van der Waals surface area contributed by atoms with Gasteiger partial charge in [0.05, 0.1) is 12.5 Å². The van der Waals surface area contributed by atoms with Gasteiger partial charge in [0.15, 0.2) is 0 Å². The third-order valence-electron chi connectivity index (χ3n) is 3.79. The molecule has 0 aromatic rings. The van der Waals surface area contributed by atoms with Gasteiger partial charge in [0.25, 0.3) is 0 Å². The van der Waals surface area contributed by atoms with E-state index in [1.165, 1.54) is 0 Å². The molecular formula is C14H28N2O3. The number of carboxylic acid groups (broad SMARTS) is 1. The maximum Gasteiger partial charge on any atom is 0.303 e. The Hall–Kier alpha value is -1.10. The monoisotopic (exact) mass is 272 g/mol. The molecule has 0 spiro atoms. The van der Waals surface area contributed by atoms with Gasteiger partial charge >= 0.3 is 5.97 Å². The number of amides is 1. The van der Waals surface area contributed by atoms with Gasteiger partial charge in [-0.1, -0.05) is 34.6 Å². The van der Waals surface area contributed by atoms with Crippen LogP contribution in [-0.4, -0.2) is 29.6 Å². The van der Waals surface area contributed by atoms with Crippen LogP contribution < -0.4 is 11.1 Å². The van der Waals surface area contributed by atoms with Gasteiger partial charge in [0.1, 0.15) is 0 Å². The molecule has 0 aromatic carbocycles. The van der Waals surface area contributed by atoms with E-state index in [-0.39, 0.29) is 30.1 Å². The molecule has 0 aliphatic carbocycles. The maximum absolute atomic E-state index is 11.8. The normalized spacial score (nSPS) is 16.2. The minimum atomic E-state index is -0.833. The van der Waals surface area contributed by atoms with E-state index in [9.17, 15) is 9.59 Å². The zero-order valence-corrected chi connectivity index (χ0v) is 12.6. The molecule has 0 saturated heterocycles. The fourth-order valence-corrected chi connectivity index (χ4v) is 1.86. The van der Waals surface area contributed by atoms with Crippen LogP contribution in [0.5, 0.6) is 0 Å². The van der Waals surface area contributed by atoms with Gasteiger partial charge in [-0.15, -0.1) is 0 Å². The highest BCUT2D eigenvalue weighted by Gasteiger charge is 2.25. The lowest BCUT2D eigenvalue weighted by Gasteiger charge is -2.27. The number of carbonyl (C=O) groups is 2. The van der Waals surface area contributed by atoms with Crippen LogP contribution in [0.4, 0.5) is 0 Å². The lowest BCUT2D eigenvalue weighted by atomic mass is 9.83. The third-order valence-corrected chi connectivity index (χ3v) is 3.79. The Labute approximate surface area is 115 Å². The molecule has 0 aromatic heterocycles. The Morgan fingerprint density at radius 2 is 1.63 bits per heavy atom. The highest BCUT2D eigenvalue weighted by Crippen LogP contribution is 2.23.